The van der Waals surface area contributed by atoms with Gasteiger partial charge in [-0.15, -0.1) is 0 Å². The number of hydrogen-bond donors (Lipinski definition) is 0. The predicted octanol–water partition coefficient (Wildman–Crippen LogP) is 7.50. The molecular formula is C20H45P. The Morgan fingerprint density at radius 3 is 1.10 bits per heavy atom. The summed E-state index contributed by atoms with van der Waals surface area (Å²) in [6, 6.07) is 0. The van der Waals surface area contributed by atoms with Crippen LogP contribution in [0, 0.1) is 0 Å². The second kappa shape index (κ2) is 15.3. The molecule has 0 aliphatic carbocycles. The van der Waals surface area contributed by atoms with Gasteiger partial charge >= 0.3 is 137 Å². The van der Waals surface area contributed by atoms with Gasteiger partial charge in [-0.1, -0.05) is 0 Å². The van der Waals surface area contributed by atoms with Crippen molar-refractivity contribution in [2.75, 3.05) is 24.6 Å². The molecule has 0 saturated heterocycles. The molecule has 1 heteroatoms. The fourth-order valence-corrected chi connectivity index (χ4v) is 7.81. The molecule has 0 fully saturated rings. The Morgan fingerprint density at radius 1 is 0.429 bits per heavy atom. The average molecular weight is 317 g/mol. The van der Waals surface area contributed by atoms with Crippen LogP contribution in [0.25, 0.3) is 0 Å². The van der Waals surface area contributed by atoms with Crippen LogP contribution >= 0.6 is 7.26 Å². The fraction of sp³-hybridized carbons (Fsp3) is 1.00. The monoisotopic (exact) mass is 316 g/mol. The molecule has 0 N–H and O–H groups in total. The van der Waals surface area contributed by atoms with Crippen LogP contribution in [0.2, 0.25) is 0 Å². The Balaban J connectivity index is 3.78. The first-order valence-electron chi connectivity index (χ1n) is 10.2. The van der Waals surface area contributed by atoms with Gasteiger partial charge in [-0.05, 0) is 0 Å². The summed E-state index contributed by atoms with van der Waals surface area (Å²) < 4.78 is 0. The van der Waals surface area contributed by atoms with Crippen LogP contribution in [-0.4, -0.2) is 24.6 Å². The molecule has 0 bridgehead atoms. The molecule has 0 aromatic rings. The second-order valence-corrected chi connectivity index (χ2v) is 12.7. The van der Waals surface area contributed by atoms with Crippen molar-refractivity contribution in [1.82, 2.24) is 0 Å². The van der Waals surface area contributed by atoms with Crippen LogP contribution in [0.1, 0.15) is 105 Å². The van der Waals surface area contributed by atoms with Crippen LogP contribution in [0.15, 0.2) is 0 Å². The average Bonchev–Trinajstić information content (AvgIpc) is 2.52. The maximum atomic E-state index is 2.49. The summed E-state index contributed by atoms with van der Waals surface area (Å²) >= 11 is 0. The topological polar surface area (TPSA) is 0 Å². The zero-order valence-corrected chi connectivity index (χ0v) is 16.8. The number of rotatable bonds is 16. The number of unbranched alkanes of at least 4 members (excludes halogenated alkanes) is 10. The van der Waals surface area contributed by atoms with Crippen molar-refractivity contribution in [2.45, 2.75) is 105 Å². The molecule has 0 spiro atoms. The maximum absolute atomic E-state index is 2.49. The Morgan fingerprint density at radius 2 is 0.762 bits per heavy atom. The SMILES string of the molecule is CCCCCCCC[PH](CC)(CC)CCCCCCCC. The molecule has 0 aromatic carbocycles. The van der Waals surface area contributed by atoms with E-state index in [0.717, 1.165) is 0 Å². The first-order chi connectivity index (χ1) is 10.2. The van der Waals surface area contributed by atoms with Gasteiger partial charge in [0.2, 0.25) is 0 Å². The zero-order chi connectivity index (χ0) is 15.8. The molecule has 130 valence electrons. The van der Waals surface area contributed by atoms with E-state index in [-0.39, 0.29) is 0 Å². The van der Waals surface area contributed by atoms with E-state index < -0.39 is 7.26 Å². The third kappa shape index (κ3) is 11.6. The quantitative estimate of drug-likeness (QED) is 0.204. The molecule has 0 aliphatic heterocycles. The van der Waals surface area contributed by atoms with E-state index >= 15 is 0 Å². The number of hydrogen-bond acceptors (Lipinski definition) is 0. The molecule has 0 nitrogen and oxygen atoms in total. The van der Waals surface area contributed by atoms with Crippen molar-refractivity contribution >= 4 is 7.26 Å². The van der Waals surface area contributed by atoms with Crippen molar-refractivity contribution in [3.05, 3.63) is 0 Å². The van der Waals surface area contributed by atoms with Gasteiger partial charge < -0.3 is 0 Å². The van der Waals surface area contributed by atoms with Crippen LogP contribution in [0.4, 0.5) is 0 Å². The van der Waals surface area contributed by atoms with E-state index in [1.807, 2.05) is 0 Å². The molecule has 0 saturated carbocycles. The van der Waals surface area contributed by atoms with Crippen molar-refractivity contribution in [3.8, 4) is 0 Å². The molecular weight excluding hydrogens is 271 g/mol. The second-order valence-electron chi connectivity index (χ2n) is 7.24. The van der Waals surface area contributed by atoms with Gasteiger partial charge in [-0.3, -0.25) is 0 Å². The van der Waals surface area contributed by atoms with Gasteiger partial charge in [0.1, 0.15) is 0 Å². The fourth-order valence-electron chi connectivity index (χ4n) is 3.64. The summed E-state index contributed by atoms with van der Waals surface area (Å²) in [5.74, 6) is 0. The molecule has 0 aliphatic rings. The van der Waals surface area contributed by atoms with Gasteiger partial charge in [0, 0.05) is 0 Å². The molecule has 0 rings (SSSR count). The van der Waals surface area contributed by atoms with Gasteiger partial charge in [0.05, 0.1) is 0 Å². The van der Waals surface area contributed by atoms with E-state index in [0.29, 0.717) is 0 Å². The third-order valence-corrected chi connectivity index (χ3v) is 11.4. The summed E-state index contributed by atoms with van der Waals surface area (Å²) in [5.41, 5.74) is 0. The van der Waals surface area contributed by atoms with Gasteiger partial charge in [-0.25, -0.2) is 0 Å². The minimum absolute atomic E-state index is 0.880. The third-order valence-electron chi connectivity index (χ3n) is 5.62. The summed E-state index contributed by atoms with van der Waals surface area (Å²) in [5, 5.41) is 0. The molecule has 0 atom stereocenters. The van der Waals surface area contributed by atoms with Crippen LogP contribution in [0.3, 0.4) is 0 Å². The van der Waals surface area contributed by atoms with E-state index in [2.05, 4.69) is 27.7 Å². The molecule has 0 radical (unpaired) electrons. The molecule has 21 heavy (non-hydrogen) atoms. The van der Waals surface area contributed by atoms with Gasteiger partial charge in [0.15, 0.2) is 0 Å². The Kier molecular flexibility index (Phi) is 15.6. The standard InChI is InChI=1S/C20H45P/c1-5-9-11-13-15-17-19-21(7-3,8-4)20-18-16-14-12-10-6-2/h21H,5-20H2,1-4H3. The van der Waals surface area contributed by atoms with Gasteiger partial charge in [-0.2, -0.15) is 0 Å². The molecule has 0 unspecified atom stereocenters. The van der Waals surface area contributed by atoms with E-state index in [4.69, 9.17) is 0 Å². The van der Waals surface area contributed by atoms with Crippen molar-refractivity contribution in [1.29, 1.82) is 0 Å². The van der Waals surface area contributed by atoms with E-state index in [1.165, 1.54) is 89.4 Å². The van der Waals surface area contributed by atoms with E-state index in [9.17, 15) is 0 Å². The summed E-state index contributed by atoms with van der Waals surface area (Å²) in [7, 11) is -0.880. The van der Waals surface area contributed by atoms with Crippen LogP contribution in [0.5, 0.6) is 0 Å². The van der Waals surface area contributed by atoms with Crippen LogP contribution < -0.4 is 0 Å². The summed E-state index contributed by atoms with van der Waals surface area (Å²) in [6.45, 7) is 9.60. The Bertz CT molecular complexity index is 178. The van der Waals surface area contributed by atoms with Gasteiger partial charge in [0.25, 0.3) is 0 Å². The first-order valence-corrected chi connectivity index (χ1v) is 13.1. The predicted molar refractivity (Wildman–Crippen MR) is 106 cm³/mol. The van der Waals surface area contributed by atoms with Crippen molar-refractivity contribution in [3.63, 3.8) is 0 Å². The molecule has 0 heterocycles. The molecule has 0 amide bonds. The summed E-state index contributed by atoms with van der Waals surface area (Å²) in [6.07, 6.45) is 24.0. The zero-order valence-electron chi connectivity index (χ0n) is 15.8. The van der Waals surface area contributed by atoms with Crippen LogP contribution in [-0.2, 0) is 0 Å². The molecule has 0 aromatic heterocycles. The van der Waals surface area contributed by atoms with E-state index in [1.54, 1.807) is 12.3 Å². The Hall–Kier alpha value is 0.430. The summed E-state index contributed by atoms with van der Waals surface area (Å²) in [4.78, 5) is 0. The van der Waals surface area contributed by atoms with Crippen molar-refractivity contribution in [2.24, 2.45) is 0 Å². The first kappa shape index (κ1) is 21.4. The normalized spacial score (nSPS) is 12.8. The van der Waals surface area contributed by atoms with Crippen molar-refractivity contribution < 1.29 is 0 Å². The Labute approximate surface area is 137 Å². The minimum atomic E-state index is -0.880.